The summed E-state index contributed by atoms with van der Waals surface area (Å²) < 4.78 is 24.7. The number of furan rings is 1. The Morgan fingerprint density at radius 2 is 1.92 bits per heavy atom. The van der Waals surface area contributed by atoms with Crippen molar-refractivity contribution in [3.8, 4) is 0 Å². The molecule has 1 amide bonds. The van der Waals surface area contributed by atoms with Crippen molar-refractivity contribution in [3.05, 3.63) is 70.7 Å². The van der Waals surface area contributed by atoms with Crippen LogP contribution in [0.15, 0.2) is 46.9 Å². The molecule has 4 nitrogen and oxygen atoms in total. The van der Waals surface area contributed by atoms with Crippen LogP contribution < -0.4 is 5.32 Å². The molecule has 0 aliphatic heterocycles. The first-order valence-electron chi connectivity index (χ1n) is 8.22. The van der Waals surface area contributed by atoms with Crippen molar-refractivity contribution in [1.82, 2.24) is 5.32 Å². The van der Waals surface area contributed by atoms with Gasteiger partial charge in [0.25, 0.3) is 5.91 Å². The number of halogens is 1. The van der Waals surface area contributed by atoms with E-state index in [1.807, 2.05) is 31.2 Å². The third-order valence-electron chi connectivity index (χ3n) is 4.14. The van der Waals surface area contributed by atoms with Gasteiger partial charge >= 0.3 is 0 Å². The predicted molar refractivity (Wildman–Crippen MR) is 93.9 cm³/mol. The van der Waals surface area contributed by atoms with Gasteiger partial charge in [0.05, 0.1) is 6.61 Å². The van der Waals surface area contributed by atoms with Crippen molar-refractivity contribution in [2.75, 3.05) is 6.61 Å². The van der Waals surface area contributed by atoms with E-state index in [-0.39, 0.29) is 17.3 Å². The van der Waals surface area contributed by atoms with E-state index in [1.165, 1.54) is 6.07 Å². The summed E-state index contributed by atoms with van der Waals surface area (Å²) in [5.41, 5.74) is 2.75. The Kier molecular flexibility index (Phi) is 5.14. The van der Waals surface area contributed by atoms with Gasteiger partial charge in [0.1, 0.15) is 0 Å². The maximum absolute atomic E-state index is 13.8. The Balaban J connectivity index is 1.78. The van der Waals surface area contributed by atoms with Gasteiger partial charge in [-0.1, -0.05) is 36.4 Å². The van der Waals surface area contributed by atoms with Crippen LogP contribution in [0.3, 0.4) is 0 Å². The van der Waals surface area contributed by atoms with Gasteiger partial charge in [0, 0.05) is 24.1 Å². The minimum Gasteiger partial charge on any atom is -0.448 e. The molecule has 130 valence electrons. The summed E-state index contributed by atoms with van der Waals surface area (Å²) in [7, 11) is 0. The van der Waals surface area contributed by atoms with Crippen molar-refractivity contribution in [2.45, 2.75) is 27.0 Å². The predicted octanol–water partition coefficient (Wildman–Crippen LogP) is 4.35. The molecule has 1 aromatic heterocycles. The van der Waals surface area contributed by atoms with Gasteiger partial charge in [-0.3, -0.25) is 4.79 Å². The average molecular weight is 341 g/mol. The van der Waals surface area contributed by atoms with Crippen LogP contribution in [0.25, 0.3) is 11.0 Å². The van der Waals surface area contributed by atoms with Crippen molar-refractivity contribution >= 4 is 16.9 Å². The molecular weight excluding hydrogens is 321 g/mol. The fourth-order valence-corrected chi connectivity index (χ4v) is 2.76. The second-order valence-electron chi connectivity index (χ2n) is 5.76. The van der Waals surface area contributed by atoms with Gasteiger partial charge in [-0.05, 0) is 31.0 Å². The first-order valence-corrected chi connectivity index (χ1v) is 8.22. The van der Waals surface area contributed by atoms with E-state index in [0.29, 0.717) is 30.7 Å². The highest BCUT2D eigenvalue weighted by atomic mass is 19.1. The number of hydrogen-bond donors (Lipinski definition) is 1. The third-order valence-corrected chi connectivity index (χ3v) is 4.14. The van der Waals surface area contributed by atoms with E-state index in [2.05, 4.69) is 5.32 Å². The summed E-state index contributed by atoms with van der Waals surface area (Å²) in [6, 6.07) is 12.4. The zero-order valence-electron chi connectivity index (χ0n) is 14.3. The summed E-state index contributed by atoms with van der Waals surface area (Å²) in [5, 5.41) is 3.46. The molecule has 3 rings (SSSR count). The molecule has 1 heterocycles. The van der Waals surface area contributed by atoms with Crippen molar-refractivity contribution in [3.63, 3.8) is 0 Å². The second kappa shape index (κ2) is 7.49. The van der Waals surface area contributed by atoms with E-state index in [1.54, 1.807) is 19.1 Å². The minimum atomic E-state index is -0.471. The minimum absolute atomic E-state index is 0.113. The number of ether oxygens (including phenoxy) is 1. The van der Waals surface area contributed by atoms with Crippen LogP contribution in [0.4, 0.5) is 4.39 Å². The highest BCUT2D eigenvalue weighted by molar-refractivity contribution is 5.98. The molecule has 0 spiro atoms. The van der Waals surface area contributed by atoms with Crippen LogP contribution >= 0.6 is 0 Å². The Morgan fingerprint density at radius 1 is 1.16 bits per heavy atom. The number of carbonyl (C=O) groups excluding carboxylic acids is 1. The molecule has 1 N–H and O–H groups in total. The Morgan fingerprint density at radius 3 is 2.64 bits per heavy atom. The number of amides is 1. The van der Waals surface area contributed by atoms with E-state index in [4.69, 9.17) is 9.15 Å². The lowest BCUT2D eigenvalue weighted by atomic mass is 10.1. The maximum Gasteiger partial charge on any atom is 0.287 e. The topological polar surface area (TPSA) is 51.5 Å². The van der Waals surface area contributed by atoms with Gasteiger partial charge in [-0.25, -0.2) is 4.39 Å². The number of fused-ring (bicyclic) bond motifs is 1. The fourth-order valence-electron chi connectivity index (χ4n) is 2.76. The van der Waals surface area contributed by atoms with E-state index < -0.39 is 5.82 Å². The van der Waals surface area contributed by atoms with Crippen molar-refractivity contribution in [1.29, 1.82) is 0 Å². The van der Waals surface area contributed by atoms with Crippen LogP contribution in [-0.4, -0.2) is 12.5 Å². The number of benzene rings is 2. The number of aryl methyl sites for hydroxylation is 1. The van der Waals surface area contributed by atoms with Gasteiger partial charge in [-0.2, -0.15) is 0 Å². The highest BCUT2D eigenvalue weighted by Gasteiger charge is 2.19. The Bertz CT molecular complexity index is 901. The van der Waals surface area contributed by atoms with Crippen molar-refractivity contribution in [2.24, 2.45) is 0 Å². The lowest BCUT2D eigenvalue weighted by Crippen LogP contribution is -2.23. The summed E-state index contributed by atoms with van der Waals surface area (Å²) in [4.78, 5) is 12.5. The number of hydrogen-bond acceptors (Lipinski definition) is 3. The summed E-state index contributed by atoms with van der Waals surface area (Å²) in [6.45, 7) is 5.17. The molecule has 0 saturated carbocycles. The molecule has 0 unspecified atom stereocenters. The zero-order chi connectivity index (χ0) is 17.8. The first-order chi connectivity index (χ1) is 12.1. The van der Waals surface area contributed by atoms with Gasteiger partial charge in [0.15, 0.2) is 17.2 Å². The van der Waals surface area contributed by atoms with Crippen LogP contribution in [0, 0.1) is 12.7 Å². The molecule has 25 heavy (non-hydrogen) atoms. The number of nitrogens with one attached hydrogen (secondary N) is 1. The SMILES string of the molecule is CCOCc1ccccc1CNC(=O)c1oc2c(F)cccc2c1C. The molecule has 3 aromatic rings. The van der Waals surface area contributed by atoms with E-state index in [0.717, 1.165) is 11.1 Å². The smallest absolute Gasteiger partial charge is 0.287 e. The summed E-state index contributed by atoms with van der Waals surface area (Å²) in [5.74, 6) is -0.691. The molecule has 0 bridgehead atoms. The molecule has 0 atom stereocenters. The number of para-hydroxylation sites is 1. The molecule has 5 heteroatoms. The average Bonchev–Trinajstić information content (AvgIpc) is 2.97. The van der Waals surface area contributed by atoms with E-state index in [9.17, 15) is 9.18 Å². The van der Waals surface area contributed by atoms with Gasteiger partial charge in [0.2, 0.25) is 0 Å². The lowest BCUT2D eigenvalue weighted by molar-refractivity contribution is 0.0923. The maximum atomic E-state index is 13.8. The highest BCUT2D eigenvalue weighted by Crippen LogP contribution is 2.27. The fraction of sp³-hybridized carbons (Fsp3) is 0.250. The number of carbonyl (C=O) groups is 1. The molecule has 0 aliphatic carbocycles. The molecule has 2 aromatic carbocycles. The van der Waals surface area contributed by atoms with Crippen LogP contribution in [-0.2, 0) is 17.9 Å². The zero-order valence-corrected chi connectivity index (χ0v) is 14.3. The first kappa shape index (κ1) is 17.2. The normalized spacial score (nSPS) is 11.0. The molecule has 0 saturated heterocycles. The monoisotopic (exact) mass is 341 g/mol. The van der Waals surface area contributed by atoms with Gasteiger partial charge in [-0.15, -0.1) is 0 Å². The Hall–Kier alpha value is -2.66. The second-order valence-corrected chi connectivity index (χ2v) is 5.76. The van der Waals surface area contributed by atoms with Crippen LogP contribution in [0.2, 0.25) is 0 Å². The standard InChI is InChI=1S/C20H20FNO3/c1-3-24-12-15-8-5-4-7-14(15)11-22-20(23)18-13(2)16-9-6-10-17(21)19(16)25-18/h4-10H,3,11-12H2,1-2H3,(H,22,23). The lowest BCUT2D eigenvalue weighted by Gasteiger charge is -2.10. The van der Waals surface area contributed by atoms with Crippen LogP contribution in [0.1, 0.15) is 34.2 Å². The molecule has 0 radical (unpaired) electrons. The number of rotatable bonds is 6. The quantitative estimate of drug-likeness (QED) is 0.725. The molecule has 0 fully saturated rings. The summed E-state index contributed by atoms with van der Waals surface area (Å²) >= 11 is 0. The van der Waals surface area contributed by atoms with Gasteiger partial charge < -0.3 is 14.5 Å². The third kappa shape index (κ3) is 3.56. The molecular formula is C20H20FNO3. The largest absolute Gasteiger partial charge is 0.448 e. The van der Waals surface area contributed by atoms with Crippen LogP contribution in [0.5, 0.6) is 0 Å². The Labute approximate surface area is 145 Å². The summed E-state index contributed by atoms with van der Waals surface area (Å²) in [6.07, 6.45) is 0. The van der Waals surface area contributed by atoms with Crippen molar-refractivity contribution < 1.29 is 18.3 Å². The van der Waals surface area contributed by atoms with E-state index >= 15 is 0 Å². The molecule has 0 aliphatic rings.